The summed E-state index contributed by atoms with van der Waals surface area (Å²) in [6.07, 6.45) is 3.36. The molecule has 8 nitrogen and oxygen atoms in total. The molecule has 1 fully saturated rings. The fraction of sp³-hybridized carbons (Fsp3) is 0.333. The minimum Gasteiger partial charge on any atom is -0.493 e. The van der Waals surface area contributed by atoms with Crippen LogP contribution in [0.25, 0.3) is 0 Å². The van der Waals surface area contributed by atoms with Gasteiger partial charge in [0.2, 0.25) is 0 Å². The van der Waals surface area contributed by atoms with Gasteiger partial charge in [-0.1, -0.05) is 29.6 Å². The minimum atomic E-state index is -3.96. The van der Waals surface area contributed by atoms with Gasteiger partial charge in [-0.15, -0.1) is 4.40 Å². The van der Waals surface area contributed by atoms with E-state index >= 15 is 0 Å². The summed E-state index contributed by atoms with van der Waals surface area (Å²) >= 11 is 12.7. The monoisotopic (exact) mass is 497 g/mol. The van der Waals surface area contributed by atoms with Crippen LogP contribution in [-0.2, 0) is 10.0 Å². The summed E-state index contributed by atoms with van der Waals surface area (Å²) in [5.41, 5.74) is 0.703. The Morgan fingerprint density at radius 3 is 2.47 bits per heavy atom. The highest BCUT2D eigenvalue weighted by Gasteiger charge is 2.33. The SMILES string of the molecule is COc1cc(Cl)c(NC(=O)c2cc3c(cc2Cl)N2CCCCCC2=NS3(=O)=O)cc1OC. The van der Waals surface area contributed by atoms with E-state index in [2.05, 4.69) is 9.71 Å². The molecule has 0 aliphatic carbocycles. The van der Waals surface area contributed by atoms with Gasteiger partial charge in [-0.3, -0.25) is 4.79 Å². The van der Waals surface area contributed by atoms with Crippen LogP contribution in [0.5, 0.6) is 11.5 Å². The van der Waals surface area contributed by atoms with Crippen molar-refractivity contribution in [1.29, 1.82) is 0 Å². The number of anilines is 2. The van der Waals surface area contributed by atoms with Gasteiger partial charge in [-0.25, -0.2) is 0 Å². The van der Waals surface area contributed by atoms with Crippen LogP contribution in [0.2, 0.25) is 10.0 Å². The van der Waals surface area contributed by atoms with Crippen molar-refractivity contribution in [3.8, 4) is 11.5 Å². The van der Waals surface area contributed by atoms with Crippen molar-refractivity contribution in [3.05, 3.63) is 39.9 Å². The van der Waals surface area contributed by atoms with Gasteiger partial charge in [0.1, 0.15) is 10.7 Å². The molecule has 0 bridgehead atoms. The molecule has 0 saturated carbocycles. The number of sulfonamides is 1. The summed E-state index contributed by atoms with van der Waals surface area (Å²) < 4.78 is 40.1. The number of nitrogens with one attached hydrogen (secondary N) is 1. The number of amidine groups is 1. The Kier molecular flexibility index (Phi) is 6.24. The largest absolute Gasteiger partial charge is 0.493 e. The molecule has 0 radical (unpaired) electrons. The summed E-state index contributed by atoms with van der Waals surface area (Å²) in [7, 11) is -1.03. The molecular weight excluding hydrogens is 477 g/mol. The van der Waals surface area contributed by atoms with Gasteiger partial charge in [0.05, 0.1) is 41.2 Å². The molecule has 4 rings (SSSR count). The lowest BCUT2D eigenvalue weighted by Crippen LogP contribution is -2.35. The Balaban J connectivity index is 1.72. The number of nitrogens with zero attached hydrogens (tertiary/aromatic N) is 2. The molecule has 0 aromatic heterocycles. The molecule has 2 heterocycles. The summed E-state index contributed by atoms with van der Waals surface area (Å²) in [6.45, 7) is 0.643. The van der Waals surface area contributed by atoms with Crippen molar-refractivity contribution < 1.29 is 22.7 Å². The molecule has 2 aliphatic rings. The summed E-state index contributed by atoms with van der Waals surface area (Å²) in [6, 6.07) is 5.79. The Hall–Kier alpha value is -2.49. The molecule has 32 heavy (non-hydrogen) atoms. The van der Waals surface area contributed by atoms with Crippen LogP contribution in [-0.4, -0.2) is 40.9 Å². The first-order valence-corrected chi connectivity index (χ1v) is 12.1. The Labute approximate surface area is 196 Å². The van der Waals surface area contributed by atoms with Crippen LogP contribution < -0.4 is 19.7 Å². The molecule has 2 aromatic carbocycles. The predicted octanol–water partition coefficient (Wildman–Crippen LogP) is 4.74. The quantitative estimate of drug-likeness (QED) is 0.654. The van der Waals surface area contributed by atoms with Gasteiger partial charge in [0, 0.05) is 25.1 Å². The number of halogens is 2. The molecule has 11 heteroatoms. The van der Waals surface area contributed by atoms with Gasteiger partial charge in [0.25, 0.3) is 15.9 Å². The first-order valence-electron chi connectivity index (χ1n) is 9.93. The molecular formula is C21H21Cl2N3O5S. The zero-order valence-corrected chi connectivity index (χ0v) is 19.8. The number of carbonyl (C=O) groups is 1. The minimum absolute atomic E-state index is 0.00619. The first kappa shape index (κ1) is 22.7. The predicted molar refractivity (Wildman–Crippen MR) is 124 cm³/mol. The number of methoxy groups -OCH3 is 2. The standard InChI is InChI=1S/C21H21Cl2N3O5S/c1-30-17-10-14(23)15(11-18(17)31-2)24-21(27)12-8-19-16(9-13(12)22)26-7-5-3-4-6-20(26)25-32(19,28)29/h8-11H,3-7H2,1-2H3,(H,24,27). The van der Waals surface area contributed by atoms with Crippen molar-refractivity contribution >= 4 is 56.3 Å². The van der Waals surface area contributed by atoms with E-state index in [-0.39, 0.29) is 26.2 Å². The summed E-state index contributed by atoms with van der Waals surface area (Å²) in [5.74, 6) is 0.669. The maximum Gasteiger partial charge on any atom is 0.286 e. The fourth-order valence-corrected chi connectivity index (χ4v) is 5.52. The van der Waals surface area contributed by atoms with Crippen molar-refractivity contribution in [2.45, 2.75) is 30.6 Å². The zero-order valence-electron chi connectivity index (χ0n) is 17.4. The van der Waals surface area contributed by atoms with Gasteiger partial charge in [-0.05, 0) is 25.0 Å². The second-order valence-corrected chi connectivity index (χ2v) is 9.77. The molecule has 0 unspecified atom stereocenters. The fourth-order valence-electron chi connectivity index (χ4n) is 3.81. The van der Waals surface area contributed by atoms with E-state index in [4.69, 9.17) is 32.7 Å². The molecule has 2 aliphatic heterocycles. The van der Waals surface area contributed by atoms with Gasteiger partial charge in [-0.2, -0.15) is 8.42 Å². The number of hydrogen-bond acceptors (Lipinski definition) is 6. The number of fused-ring (bicyclic) bond motifs is 3. The highest BCUT2D eigenvalue weighted by atomic mass is 35.5. The van der Waals surface area contributed by atoms with Gasteiger partial charge < -0.3 is 19.7 Å². The van der Waals surface area contributed by atoms with Crippen molar-refractivity contribution in [1.82, 2.24) is 0 Å². The summed E-state index contributed by atoms with van der Waals surface area (Å²) in [4.78, 5) is 14.8. The second kappa shape index (κ2) is 8.80. The van der Waals surface area contributed by atoms with E-state index in [0.29, 0.717) is 36.0 Å². The average Bonchev–Trinajstić information content (AvgIpc) is 2.99. The maximum absolute atomic E-state index is 13.0. The van der Waals surface area contributed by atoms with Crippen LogP contribution in [0.15, 0.2) is 33.6 Å². The van der Waals surface area contributed by atoms with Gasteiger partial charge >= 0.3 is 0 Å². The van der Waals surface area contributed by atoms with Crippen LogP contribution in [0.4, 0.5) is 11.4 Å². The topological polar surface area (TPSA) is 97.3 Å². The number of benzene rings is 2. The van der Waals surface area contributed by atoms with E-state index in [1.54, 1.807) is 0 Å². The lowest BCUT2D eigenvalue weighted by atomic mass is 10.1. The first-order chi connectivity index (χ1) is 15.2. The van der Waals surface area contributed by atoms with Crippen LogP contribution in [0.1, 0.15) is 36.0 Å². The number of hydrogen-bond donors (Lipinski definition) is 1. The van der Waals surface area contributed by atoms with Crippen molar-refractivity contribution in [3.63, 3.8) is 0 Å². The summed E-state index contributed by atoms with van der Waals surface area (Å²) in [5, 5.41) is 3.00. The van der Waals surface area contributed by atoms with E-state index in [1.165, 1.54) is 38.5 Å². The lowest BCUT2D eigenvalue weighted by Gasteiger charge is -2.30. The molecule has 1 N–H and O–H groups in total. The Bertz CT molecular complexity index is 1230. The average molecular weight is 498 g/mol. The third kappa shape index (κ3) is 4.12. The maximum atomic E-state index is 13.0. The van der Waals surface area contributed by atoms with Crippen molar-refractivity contribution in [2.24, 2.45) is 4.40 Å². The number of carbonyl (C=O) groups excluding carboxylic acids is 1. The highest BCUT2D eigenvalue weighted by Crippen LogP contribution is 2.39. The van der Waals surface area contributed by atoms with E-state index in [0.717, 1.165) is 19.3 Å². The zero-order chi connectivity index (χ0) is 23.0. The van der Waals surface area contributed by atoms with Crippen LogP contribution in [0.3, 0.4) is 0 Å². The van der Waals surface area contributed by atoms with Crippen LogP contribution >= 0.6 is 23.2 Å². The van der Waals surface area contributed by atoms with E-state index in [9.17, 15) is 13.2 Å². The second-order valence-electron chi connectivity index (χ2n) is 7.39. The van der Waals surface area contributed by atoms with Gasteiger partial charge in [0.15, 0.2) is 11.5 Å². The third-order valence-electron chi connectivity index (χ3n) is 5.40. The molecule has 1 saturated heterocycles. The van der Waals surface area contributed by atoms with E-state index in [1.807, 2.05) is 4.90 Å². The molecule has 170 valence electrons. The molecule has 1 amide bonds. The number of rotatable bonds is 4. The Morgan fingerprint density at radius 2 is 1.75 bits per heavy atom. The molecule has 2 aromatic rings. The molecule has 0 spiro atoms. The Morgan fingerprint density at radius 1 is 1.03 bits per heavy atom. The number of amides is 1. The van der Waals surface area contributed by atoms with E-state index < -0.39 is 15.9 Å². The van der Waals surface area contributed by atoms with Crippen LogP contribution in [0, 0.1) is 0 Å². The normalized spacial score (nSPS) is 16.9. The van der Waals surface area contributed by atoms with Crippen molar-refractivity contribution in [2.75, 3.05) is 31.0 Å². The molecule has 0 atom stereocenters. The lowest BCUT2D eigenvalue weighted by molar-refractivity contribution is 0.102. The highest BCUT2D eigenvalue weighted by molar-refractivity contribution is 7.90. The third-order valence-corrected chi connectivity index (χ3v) is 7.36. The number of ether oxygens (including phenoxy) is 2. The smallest absolute Gasteiger partial charge is 0.286 e.